The first-order valence-electron chi connectivity index (χ1n) is 5.58. The van der Waals surface area contributed by atoms with E-state index in [0.29, 0.717) is 6.07 Å². The van der Waals surface area contributed by atoms with Crippen molar-refractivity contribution in [3.8, 4) is 0 Å². The van der Waals surface area contributed by atoms with E-state index in [0.717, 1.165) is 12.1 Å². The van der Waals surface area contributed by atoms with Crippen LogP contribution in [-0.2, 0) is 9.59 Å². The van der Waals surface area contributed by atoms with E-state index in [-0.39, 0.29) is 18.4 Å². The number of carbonyl (C=O) groups is 3. The van der Waals surface area contributed by atoms with Gasteiger partial charge in [0, 0.05) is 12.0 Å². The summed E-state index contributed by atoms with van der Waals surface area (Å²) >= 11 is 0. The van der Waals surface area contributed by atoms with E-state index in [2.05, 4.69) is 5.32 Å². The molecule has 0 spiro atoms. The number of carboxylic acid groups (broad SMARTS) is 1. The highest BCUT2D eigenvalue weighted by atomic mass is 19.2. The largest absolute Gasteiger partial charge is 0.480 e. The molecule has 0 aliphatic heterocycles. The van der Waals surface area contributed by atoms with Gasteiger partial charge in [0.15, 0.2) is 11.6 Å². The summed E-state index contributed by atoms with van der Waals surface area (Å²) in [6.07, 6.45) is -0.422. The lowest BCUT2D eigenvalue weighted by molar-refractivity contribution is -0.139. The van der Waals surface area contributed by atoms with Crippen molar-refractivity contribution < 1.29 is 28.3 Å². The van der Waals surface area contributed by atoms with Crippen molar-refractivity contribution in [2.45, 2.75) is 18.9 Å². The molecule has 0 saturated carbocycles. The molecule has 8 heteroatoms. The van der Waals surface area contributed by atoms with E-state index >= 15 is 0 Å². The number of primary amides is 1. The first kappa shape index (κ1) is 15.5. The highest BCUT2D eigenvalue weighted by Crippen LogP contribution is 2.09. The van der Waals surface area contributed by atoms with Gasteiger partial charge in [-0.2, -0.15) is 0 Å². The normalized spacial score (nSPS) is 11.7. The summed E-state index contributed by atoms with van der Waals surface area (Å²) < 4.78 is 25.7. The van der Waals surface area contributed by atoms with Crippen molar-refractivity contribution in [3.63, 3.8) is 0 Å². The number of hydrogen-bond acceptors (Lipinski definition) is 3. The van der Waals surface area contributed by atoms with Crippen LogP contribution in [0.2, 0.25) is 0 Å². The van der Waals surface area contributed by atoms with Crippen LogP contribution in [0.5, 0.6) is 0 Å². The molecular formula is C12H12F2N2O4. The van der Waals surface area contributed by atoms with Gasteiger partial charge in [-0.15, -0.1) is 0 Å². The molecule has 1 atom stereocenters. The van der Waals surface area contributed by atoms with E-state index in [1.165, 1.54) is 0 Å². The number of aliphatic carboxylic acids is 1. The molecule has 2 amide bonds. The quantitative estimate of drug-likeness (QED) is 0.703. The number of nitrogens with two attached hydrogens (primary N) is 1. The zero-order chi connectivity index (χ0) is 15.3. The molecule has 0 aromatic heterocycles. The van der Waals surface area contributed by atoms with Crippen LogP contribution in [0, 0.1) is 11.6 Å². The monoisotopic (exact) mass is 286 g/mol. The van der Waals surface area contributed by atoms with Gasteiger partial charge in [0.25, 0.3) is 5.91 Å². The summed E-state index contributed by atoms with van der Waals surface area (Å²) in [6, 6.07) is 1.07. The maximum absolute atomic E-state index is 13.0. The SMILES string of the molecule is NC(=O)CC[C@@H](NC(=O)c1ccc(F)c(F)c1)C(=O)O. The van der Waals surface area contributed by atoms with Gasteiger partial charge < -0.3 is 16.2 Å². The molecule has 6 nitrogen and oxygen atoms in total. The van der Waals surface area contributed by atoms with E-state index in [4.69, 9.17) is 10.8 Å². The molecular weight excluding hydrogens is 274 g/mol. The molecule has 0 heterocycles. The smallest absolute Gasteiger partial charge is 0.326 e. The van der Waals surface area contributed by atoms with Gasteiger partial charge in [-0.3, -0.25) is 9.59 Å². The molecule has 20 heavy (non-hydrogen) atoms. The van der Waals surface area contributed by atoms with Gasteiger partial charge >= 0.3 is 5.97 Å². The van der Waals surface area contributed by atoms with Crippen molar-refractivity contribution >= 4 is 17.8 Å². The molecule has 0 aliphatic carbocycles. The zero-order valence-electron chi connectivity index (χ0n) is 10.2. The van der Waals surface area contributed by atoms with Gasteiger partial charge in [-0.1, -0.05) is 0 Å². The Morgan fingerprint density at radius 2 is 1.90 bits per heavy atom. The number of nitrogens with one attached hydrogen (secondary N) is 1. The van der Waals surface area contributed by atoms with Gasteiger partial charge in [0.05, 0.1) is 0 Å². The molecule has 0 saturated heterocycles. The number of carbonyl (C=O) groups excluding carboxylic acids is 2. The first-order chi connectivity index (χ1) is 9.31. The van der Waals surface area contributed by atoms with E-state index < -0.39 is 35.5 Å². The fourth-order valence-corrected chi connectivity index (χ4v) is 1.42. The molecule has 0 bridgehead atoms. The van der Waals surface area contributed by atoms with Crippen LogP contribution in [0.25, 0.3) is 0 Å². The van der Waals surface area contributed by atoms with Gasteiger partial charge in [0.2, 0.25) is 5.91 Å². The number of carboxylic acids is 1. The highest BCUT2D eigenvalue weighted by molar-refractivity contribution is 5.96. The predicted octanol–water partition coefficient (Wildman–Crippen LogP) is 0.413. The number of halogens is 2. The standard InChI is InChI=1S/C12H12F2N2O4/c13-7-2-1-6(5-8(7)14)11(18)16-9(12(19)20)3-4-10(15)17/h1-2,5,9H,3-4H2,(H2,15,17)(H,16,18)(H,19,20)/t9-/m1/s1. The fraction of sp³-hybridized carbons (Fsp3) is 0.250. The third kappa shape index (κ3) is 4.30. The van der Waals surface area contributed by atoms with Crippen molar-refractivity contribution in [1.29, 1.82) is 0 Å². The third-order valence-electron chi connectivity index (χ3n) is 2.46. The highest BCUT2D eigenvalue weighted by Gasteiger charge is 2.21. The topological polar surface area (TPSA) is 109 Å². The molecule has 108 valence electrons. The minimum Gasteiger partial charge on any atom is -0.480 e. The zero-order valence-corrected chi connectivity index (χ0v) is 10.2. The molecule has 0 fully saturated rings. The van der Waals surface area contributed by atoms with Crippen molar-refractivity contribution in [1.82, 2.24) is 5.32 Å². The average Bonchev–Trinajstić information content (AvgIpc) is 2.36. The number of hydrogen-bond donors (Lipinski definition) is 3. The third-order valence-corrected chi connectivity index (χ3v) is 2.46. The minimum atomic E-state index is -1.36. The predicted molar refractivity (Wildman–Crippen MR) is 63.7 cm³/mol. The van der Waals surface area contributed by atoms with Crippen LogP contribution in [0.4, 0.5) is 8.78 Å². The molecule has 1 aromatic carbocycles. The lowest BCUT2D eigenvalue weighted by atomic mass is 10.1. The van der Waals surface area contributed by atoms with Crippen molar-refractivity contribution in [3.05, 3.63) is 35.4 Å². The fourth-order valence-electron chi connectivity index (χ4n) is 1.42. The Hall–Kier alpha value is -2.51. The van der Waals surface area contributed by atoms with E-state index in [9.17, 15) is 23.2 Å². The summed E-state index contributed by atoms with van der Waals surface area (Å²) in [4.78, 5) is 33.2. The Morgan fingerprint density at radius 3 is 2.40 bits per heavy atom. The lowest BCUT2D eigenvalue weighted by Gasteiger charge is -2.13. The van der Waals surface area contributed by atoms with Gasteiger partial charge in [-0.05, 0) is 24.6 Å². The summed E-state index contributed by atoms with van der Waals surface area (Å²) in [5.41, 5.74) is 4.66. The van der Waals surface area contributed by atoms with Gasteiger partial charge in [-0.25, -0.2) is 13.6 Å². The second-order valence-electron chi connectivity index (χ2n) is 4.00. The van der Waals surface area contributed by atoms with E-state index in [1.807, 2.05) is 0 Å². The average molecular weight is 286 g/mol. The molecule has 4 N–H and O–H groups in total. The van der Waals surface area contributed by atoms with Crippen LogP contribution in [0.1, 0.15) is 23.2 Å². The second-order valence-corrected chi connectivity index (χ2v) is 4.00. The molecule has 0 radical (unpaired) electrons. The lowest BCUT2D eigenvalue weighted by Crippen LogP contribution is -2.41. The molecule has 1 aromatic rings. The number of benzene rings is 1. The summed E-state index contributed by atoms with van der Waals surface area (Å²) in [7, 11) is 0. The summed E-state index contributed by atoms with van der Waals surface area (Å²) in [6.45, 7) is 0. The van der Waals surface area contributed by atoms with Gasteiger partial charge in [0.1, 0.15) is 6.04 Å². The first-order valence-corrected chi connectivity index (χ1v) is 5.58. The van der Waals surface area contributed by atoms with Crippen molar-refractivity contribution in [2.75, 3.05) is 0 Å². The van der Waals surface area contributed by atoms with Crippen LogP contribution >= 0.6 is 0 Å². The Labute approximate surface area is 112 Å². The van der Waals surface area contributed by atoms with E-state index in [1.54, 1.807) is 0 Å². The van der Waals surface area contributed by atoms with Crippen molar-refractivity contribution in [2.24, 2.45) is 5.73 Å². The Balaban J connectivity index is 2.77. The Morgan fingerprint density at radius 1 is 1.25 bits per heavy atom. The van der Waals surface area contributed by atoms with Crippen LogP contribution in [0.3, 0.4) is 0 Å². The minimum absolute atomic E-state index is 0.194. The number of amides is 2. The number of rotatable bonds is 6. The maximum atomic E-state index is 13.0. The molecule has 0 aliphatic rings. The molecule has 0 unspecified atom stereocenters. The summed E-state index contributed by atoms with van der Waals surface area (Å²) in [5, 5.41) is 11.0. The van der Waals surface area contributed by atoms with Crippen LogP contribution in [-0.4, -0.2) is 28.9 Å². The maximum Gasteiger partial charge on any atom is 0.326 e. The summed E-state index contributed by atoms with van der Waals surface area (Å²) in [5.74, 6) is -5.30. The Bertz CT molecular complexity index is 548. The molecule has 1 rings (SSSR count). The van der Waals surface area contributed by atoms with Crippen LogP contribution in [0.15, 0.2) is 18.2 Å². The van der Waals surface area contributed by atoms with Crippen LogP contribution < -0.4 is 11.1 Å². The second kappa shape index (κ2) is 6.60. The Kier molecular flexibility index (Phi) is 5.13.